The minimum absolute atomic E-state index is 0.0645. The zero-order valence-corrected chi connectivity index (χ0v) is 12.5. The third kappa shape index (κ3) is 3.96. The molecule has 3 atom stereocenters. The summed E-state index contributed by atoms with van der Waals surface area (Å²) in [5.41, 5.74) is -0.0645. The Morgan fingerprint density at radius 2 is 1.71 bits per heavy atom. The molecule has 2 heteroatoms. The van der Waals surface area contributed by atoms with Crippen molar-refractivity contribution in [1.82, 2.24) is 5.32 Å². The van der Waals surface area contributed by atoms with E-state index in [0.717, 1.165) is 24.4 Å². The maximum absolute atomic E-state index is 5.94. The predicted molar refractivity (Wildman–Crippen MR) is 74.2 cm³/mol. The van der Waals surface area contributed by atoms with Crippen molar-refractivity contribution in [2.75, 3.05) is 13.7 Å². The van der Waals surface area contributed by atoms with Gasteiger partial charge in [0.25, 0.3) is 0 Å². The van der Waals surface area contributed by atoms with Crippen LogP contribution in [-0.4, -0.2) is 25.3 Å². The number of likely N-dealkylation sites (N-methyl/N-ethyl adjacent to an activating group) is 1. The van der Waals surface area contributed by atoms with Gasteiger partial charge in [0.2, 0.25) is 0 Å². The van der Waals surface area contributed by atoms with Gasteiger partial charge in [-0.15, -0.1) is 0 Å². The van der Waals surface area contributed by atoms with Crippen LogP contribution in [0.25, 0.3) is 0 Å². The van der Waals surface area contributed by atoms with Crippen molar-refractivity contribution >= 4 is 0 Å². The van der Waals surface area contributed by atoms with E-state index in [1.54, 1.807) is 0 Å². The molecule has 0 aliphatic heterocycles. The van der Waals surface area contributed by atoms with E-state index in [4.69, 9.17) is 4.74 Å². The molecule has 1 saturated carbocycles. The molecule has 1 aliphatic rings. The first kappa shape index (κ1) is 15.0. The van der Waals surface area contributed by atoms with Crippen LogP contribution >= 0.6 is 0 Å². The lowest BCUT2D eigenvalue weighted by molar-refractivity contribution is -0.0599. The number of hydrogen-bond acceptors (Lipinski definition) is 2. The molecule has 0 aromatic carbocycles. The Bertz CT molecular complexity index is 217. The first-order valence-electron chi connectivity index (χ1n) is 7.21. The van der Waals surface area contributed by atoms with E-state index in [9.17, 15) is 0 Å². The SMILES string of the molecule is CCOC(C)(C)C(NC)C1CC(C)CC(C)C1. The first-order valence-corrected chi connectivity index (χ1v) is 7.21. The zero-order chi connectivity index (χ0) is 13.1. The molecule has 1 rings (SSSR count). The molecule has 0 saturated heterocycles. The monoisotopic (exact) mass is 241 g/mol. The lowest BCUT2D eigenvalue weighted by Crippen LogP contribution is -2.53. The van der Waals surface area contributed by atoms with Crippen molar-refractivity contribution in [2.45, 2.75) is 65.5 Å². The minimum Gasteiger partial charge on any atom is -0.374 e. The molecule has 0 aromatic heterocycles. The van der Waals surface area contributed by atoms with Crippen LogP contribution in [-0.2, 0) is 4.74 Å². The Morgan fingerprint density at radius 1 is 1.18 bits per heavy atom. The fourth-order valence-corrected chi connectivity index (χ4v) is 3.89. The minimum atomic E-state index is -0.0645. The third-order valence-corrected chi connectivity index (χ3v) is 4.26. The van der Waals surface area contributed by atoms with Crippen LogP contribution < -0.4 is 5.32 Å². The summed E-state index contributed by atoms with van der Waals surface area (Å²) in [6.07, 6.45) is 4.07. The second-order valence-corrected chi connectivity index (χ2v) is 6.48. The summed E-state index contributed by atoms with van der Waals surface area (Å²) < 4.78 is 5.94. The average molecular weight is 241 g/mol. The van der Waals surface area contributed by atoms with Gasteiger partial charge in [-0.25, -0.2) is 0 Å². The van der Waals surface area contributed by atoms with Crippen molar-refractivity contribution in [3.63, 3.8) is 0 Å². The molecule has 0 aromatic rings. The summed E-state index contributed by atoms with van der Waals surface area (Å²) >= 11 is 0. The van der Waals surface area contributed by atoms with Gasteiger partial charge in [-0.1, -0.05) is 13.8 Å². The molecule has 0 radical (unpaired) electrons. The van der Waals surface area contributed by atoms with Crippen molar-refractivity contribution < 1.29 is 4.74 Å². The highest BCUT2D eigenvalue weighted by Crippen LogP contribution is 2.38. The molecule has 0 spiro atoms. The smallest absolute Gasteiger partial charge is 0.0781 e. The number of hydrogen-bond donors (Lipinski definition) is 1. The standard InChI is InChI=1S/C15H31NO/c1-7-17-15(4,5)14(16-6)13-9-11(2)8-12(3)10-13/h11-14,16H,7-10H2,1-6H3. The van der Waals surface area contributed by atoms with E-state index in [2.05, 4.69) is 47.0 Å². The zero-order valence-electron chi connectivity index (χ0n) is 12.5. The Labute approximate surface area is 108 Å². The Balaban J connectivity index is 2.72. The van der Waals surface area contributed by atoms with E-state index >= 15 is 0 Å². The summed E-state index contributed by atoms with van der Waals surface area (Å²) in [5, 5.41) is 3.51. The highest BCUT2D eigenvalue weighted by Gasteiger charge is 2.38. The largest absolute Gasteiger partial charge is 0.374 e. The van der Waals surface area contributed by atoms with Gasteiger partial charge in [0.15, 0.2) is 0 Å². The summed E-state index contributed by atoms with van der Waals surface area (Å²) in [6, 6.07) is 0.465. The van der Waals surface area contributed by atoms with Crippen LogP contribution in [0, 0.1) is 17.8 Å². The maximum atomic E-state index is 5.94. The highest BCUT2D eigenvalue weighted by atomic mass is 16.5. The lowest BCUT2D eigenvalue weighted by atomic mass is 9.70. The van der Waals surface area contributed by atoms with Gasteiger partial charge >= 0.3 is 0 Å². The van der Waals surface area contributed by atoms with Crippen LogP contribution in [0.1, 0.15) is 53.9 Å². The first-order chi connectivity index (χ1) is 7.90. The van der Waals surface area contributed by atoms with Crippen LogP contribution in [0.4, 0.5) is 0 Å². The molecule has 0 heterocycles. The molecule has 1 N–H and O–H groups in total. The number of nitrogens with one attached hydrogen (secondary N) is 1. The molecule has 0 bridgehead atoms. The van der Waals surface area contributed by atoms with E-state index in [1.165, 1.54) is 19.3 Å². The van der Waals surface area contributed by atoms with Crippen molar-refractivity contribution in [2.24, 2.45) is 17.8 Å². The Kier molecular flexibility index (Phi) is 5.46. The molecule has 0 amide bonds. The average Bonchev–Trinajstić information content (AvgIpc) is 2.15. The Hall–Kier alpha value is -0.0800. The number of ether oxygens (including phenoxy) is 1. The Morgan fingerprint density at radius 3 is 2.12 bits per heavy atom. The molecular formula is C15H31NO. The van der Waals surface area contributed by atoms with Crippen molar-refractivity contribution in [1.29, 1.82) is 0 Å². The fourth-order valence-electron chi connectivity index (χ4n) is 3.89. The van der Waals surface area contributed by atoms with Gasteiger partial charge in [0.05, 0.1) is 5.60 Å². The molecule has 1 aliphatic carbocycles. The third-order valence-electron chi connectivity index (χ3n) is 4.26. The van der Waals surface area contributed by atoms with Gasteiger partial charge in [0, 0.05) is 12.6 Å². The molecule has 2 nitrogen and oxygen atoms in total. The fraction of sp³-hybridized carbons (Fsp3) is 1.00. The van der Waals surface area contributed by atoms with Gasteiger partial charge < -0.3 is 10.1 Å². The van der Waals surface area contributed by atoms with Crippen LogP contribution in [0.15, 0.2) is 0 Å². The number of rotatable bonds is 5. The summed E-state index contributed by atoms with van der Waals surface area (Å²) in [5.74, 6) is 2.47. The summed E-state index contributed by atoms with van der Waals surface area (Å²) in [4.78, 5) is 0. The topological polar surface area (TPSA) is 21.3 Å². The van der Waals surface area contributed by atoms with Crippen LogP contribution in [0.3, 0.4) is 0 Å². The normalized spacial score (nSPS) is 32.5. The van der Waals surface area contributed by atoms with Gasteiger partial charge in [-0.3, -0.25) is 0 Å². The van der Waals surface area contributed by atoms with E-state index in [1.807, 2.05) is 0 Å². The lowest BCUT2D eigenvalue weighted by Gasteiger charge is -2.43. The predicted octanol–water partition coefficient (Wildman–Crippen LogP) is 3.46. The van der Waals surface area contributed by atoms with Gasteiger partial charge in [-0.05, 0) is 64.8 Å². The quantitative estimate of drug-likeness (QED) is 0.796. The second-order valence-electron chi connectivity index (χ2n) is 6.48. The van der Waals surface area contributed by atoms with Crippen molar-refractivity contribution in [3.8, 4) is 0 Å². The van der Waals surface area contributed by atoms with Crippen LogP contribution in [0.2, 0.25) is 0 Å². The molecule has 3 unspecified atom stereocenters. The van der Waals surface area contributed by atoms with Crippen molar-refractivity contribution in [3.05, 3.63) is 0 Å². The highest BCUT2D eigenvalue weighted by molar-refractivity contribution is 4.93. The van der Waals surface area contributed by atoms with E-state index in [-0.39, 0.29) is 5.60 Å². The molecular weight excluding hydrogens is 210 g/mol. The summed E-state index contributed by atoms with van der Waals surface area (Å²) in [7, 11) is 2.08. The second kappa shape index (κ2) is 6.19. The molecule has 17 heavy (non-hydrogen) atoms. The van der Waals surface area contributed by atoms with E-state index < -0.39 is 0 Å². The van der Waals surface area contributed by atoms with Crippen LogP contribution in [0.5, 0.6) is 0 Å². The van der Waals surface area contributed by atoms with Gasteiger partial charge in [-0.2, -0.15) is 0 Å². The maximum Gasteiger partial charge on any atom is 0.0781 e. The molecule has 102 valence electrons. The summed E-state index contributed by atoms with van der Waals surface area (Å²) in [6.45, 7) is 12.1. The van der Waals surface area contributed by atoms with E-state index in [0.29, 0.717) is 6.04 Å². The van der Waals surface area contributed by atoms with Gasteiger partial charge in [0.1, 0.15) is 0 Å². The molecule has 1 fully saturated rings.